The summed E-state index contributed by atoms with van der Waals surface area (Å²) in [5.41, 5.74) is 7.29. The highest BCUT2D eigenvalue weighted by Crippen LogP contribution is 2.36. The lowest BCUT2D eigenvalue weighted by molar-refractivity contribution is 0.00696. The second kappa shape index (κ2) is 5.74. The van der Waals surface area contributed by atoms with Gasteiger partial charge in [0.2, 0.25) is 0 Å². The van der Waals surface area contributed by atoms with E-state index < -0.39 is 5.60 Å². The first kappa shape index (κ1) is 15.3. The number of ether oxygens (including phenoxy) is 1. The molecule has 0 unspecified atom stereocenters. The zero-order valence-corrected chi connectivity index (χ0v) is 13.6. The summed E-state index contributed by atoms with van der Waals surface area (Å²) in [6.45, 7) is 10.8. The number of hydrogen-bond acceptors (Lipinski definition) is 5. The van der Waals surface area contributed by atoms with Gasteiger partial charge in [-0.05, 0) is 45.7 Å². The van der Waals surface area contributed by atoms with Gasteiger partial charge >= 0.3 is 5.97 Å². The number of anilines is 1. The molecule has 0 radical (unpaired) electrons. The van der Waals surface area contributed by atoms with Crippen molar-refractivity contribution in [2.75, 3.05) is 18.8 Å². The zero-order chi connectivity index (χ0) is 14.9. The summed E-state index contributed by atoms with van der Waals surface area (Å²) >= 11 is 1.54. The maximum absolute atomic E-state index is 12.3. The van der Waals surface area contributed by atoms with Crippen LogP contribution in [0.2, 0.25) is 0 Å². The third kappa shape index (κ3) is 3.33. The number of carbonyl (C=O) groups excluding carboxylic acids is 1. The predicted octanol–water partition coefficient (Wildman–Crippen LogP) is 3.05. The van der Waals surface area contributed by atoms with E-state index in [0.29, 0.717) is 10.6 Å². The van der Waals surface area contributed by atoms with Crippen LogP contribution in [-0.2, 0) is 17.7 Å². The highest BCUT2D eigenvalue weighted by atomic mass is 32.1. The Bertz CT molecular complexity index is 503. The van der Waals surface area contributed by atoms with Gasteiger partial charge in [-0.15, -0.1) is 11.3 Å². The summed E-state index contributed by atoms with van der Waals surface area (Å²) in [5.74, 6) is -0.281. The monoisotopic (exact) mass is 296 g/mol. The molecule has 0 spiro atoms. The molecule has 1 aliphatic rings. The largest absolute Gasteiger partial charge is 0.456 e. The summed E-state index contributed by atoms with van der Waals surface area (Å²) in [5, 5.41) is 0.600. The molecule has 0 fully saturated rings. The fourth-order valence-electron chi connectivity index (χ4n) is 2.54. The number of thiophene rings is 1. The zero-order valence-electron chi connectivity index (χ0n) is 12.8. The van der Waals surface area contributed by atoms with Gasteiger partial charge in [0, 0.05) is 18.0 Å². The summed E-state index contributed by atoms with van der Waals surface area (Å²) in [6, 6.07) is 0. The minimum absolute atomic E-state index is 0.281. The van der Waals surface area contributed by atoms with Gasteiger partial charge in [-0.25, -0.2) is 4.79 Å². The van der Waals surface area contributed by atoms with E-state index in [1.807, 2.05) is 20.8 Å². The summed E-state index contributed by atoms with van der Waals surface area (Å²) in [7, 11) is 0. The van der Waals surface area contributed by atoms with Crippen LogP contribution in [0.4, 0.5) is 5.00 Å². The quantitative estimate of drug-likeness (QED) is 0.871. The normalized spacial score (nSPS) is 16.0. The topological polar surface area (TPSA) is 55.6 Å². The maximum Gasteiger partial charge on any atom is 0.341 e. The van der Waals surface area contributed by atoms with Crippen LogP contribution in [0.1, 0.15) is 54.9 Å². The molecule has 1 aromatic heterocycles. The summed E-state index contributed by atoms with van der Waals surface area (Å²) in [4.78, 5) is 16.0. The van der Waals surface area contributed by atoms with Crippen molar-refractivity contribution in [1.29, 1.82) is 0 Å². The van der Waals surface area contributed by atoms with Crippen LogP contribution < -0.4 is 5.73 Å². The maximum atomic E-state index is 12.3. The Labute approximate surface area is 124 Å². The molecule has 112 valence electrons. The van der Waals surface area contributed by atoms with E-state index in [4.69, 9.17) is 10.5 Å². The summed E-state index contributed by atoms with van der Waals surface area (Å²) < 4.78 is 5.48. The second-order valence-electron chi connectivity index (χ2n) is 6.27. The molecule has 0 saturated heterocycles. The fourth-order valence-corrected chi connectivity index (χ4v) is 3.69. The second-order valence-corrected chi connectivity index (χ2v) is 7.41. The molecule has 1 aromatic rings. The van der Waals surface area contributed by atoms with Crippen LogP contribution in [0.25, 0.3) is 0 Å². The van der Waals surface area contributed by atoms with E-state index >= 15 is 0 Å². The highest BCUT2D eigenvalue weighted by Gasteiger charge is 2.29. The lowest BCUT2D eigenvalue weighted by Crippen LogP contribution is -2.31. The lowest BCUT2D eigenvalue weighted by atomic mass is 10.0. The molecular formula is C15H24N2O2S. The molecule has 5 heteroatoms. The predicted molar refractivity (Wildman–Crippen MR) is 83.2 cm³/mol. The van der Waals surface area contributed by atoms with Crippen molar-refractivity contribution in [3.63, 3.8) is 0 Å². The SMILES string of the molecule is CCCN1CCc2c(sc(N)c2C(=O)OC(C)(C)C)C1. The number of esters is 1. The van der Waals surface area contributed by atoms with Gasteiger partial charge in [0.1, 0.15) is 10.6 Å². The smallest absolute Gasteiger partial charge is 0.341 e. The Hall–Kier alpha value is -1.07. The van der Waals surface area contributed by atoms with Crippen LogP contribution in [0, 0.1) is 0 Å². The highest BCUT2D eigenvalue weighted by molar-refractivity contribution is 7.16. The van der Waals surface area contributed by atoms with Gasteiger partial charge in [-0.2, -0.15) is 0 Å². The first-order valence-electron chi connectivity index (χ1n) is 7.17. The molecule has 1 aliphatic heterocycles. The fraction of sp³-hybridized carbons (Fsp3) is 0.667. The summed E-state index contributed by atoms with van der Waals surface area (Å²) in [6.07, 6.45) is 2.03. The van der Waals surface area contributed by atoms with E-state index in [9.17, 15) is 4.79 Å². The van der Waals surface area contributed by atoms with Crippen molar-refractivity contribution in [3.8, 4) is 0 Å². The average molecular weight is 296 g/mol. The molecule has 0 amide bonds. The van der Waals surface area contributed by atoms with Gasteiger partial charge in [-0.1, -0.05) is 6.92 Å². The number of fused-ring (bicyclic) bond motifs is 1. The van der Waals surface area contributed by atoms with Crippen LogP contribution in [0.5, 0.6) is 0 Å². The minimum atomic E-state index is -0.485. The minimum Gasteiger partial charge on any atom is -0.456 e. The Morgan fingerprint density at radius 2 is 2.15 bits per heavy atom. The van der Waals surface area contributed by atoms with Crippen molar-refractivity contribution < 1.29 is 9.53 Å². The third-order valence-corrected chi connectivity index (χ3v) is 4.35. The Kier molecular flexibility index (Phi) is 4.39. The molecule has 0 aliphatic carbocycles. The number of hydrogen-bond donors (Lipinski definition) is 1. The lowest BCUT2D eigenvalue weighted by Gasteiger charge is -2.27. The first-order valence-corrected chi connectivity index (χ1v) is 7.99. The Balaban J connectivity index is 2.23. The molecule has 0 atom stereocenters. The molecule has 0 saturated carbocycles. The number of nitrogens with two attached hydrogens (primary N) is 1. The van der Waals surface area contributed by atoms with E-state index in [2.05, 4.69) is 11.8 Å². The van der Waals surface area contributed by atoms with Gasteiger partial charge < -0.3 is 10.5 Å². The number of nitrogens with zero attached hydrogens (tertiary/aromatic N) is 1. The molecular weight excluding hydrogens is 272 g/mol. The van der Waals surface area contributed by atoms with Crippen molar-refractivity contribution in [2.45, 2.75) is 52.7 Å². The van der Waals surface area contributed by atoms with E-state index in [1.165, 1.54) is 16.2 Å². The van der Waals surface area contributed by atoms with E-state index in [0.717, 1.165) is 38.0 Å². The third-order valence-electron chi connectivity index (χ3n) is 3.31. The molecule has 20 heavy (non-hydrogen) atoms. The van der Waals surface area contributed by atoms with Crippen molar-refractivity contribution in [3.05, 3.63) is 16.0 Å². The van der Waals surface area contributed by atoms with Crippen molar-refractivity contribution in [2.24, 2.45) is 0 Å². The van der Waals surface area contributed by atoms with Gasteiger partial charge in [0.25, 0.3) is 0 Å². The van der Waals surface area contributed by atoms with E-state index in [-0.39, 0.29) is 5.97 Å². The Morgan fingerprint density at radius 1 is 1.45 bits per heavy atom. The van der Waals surface area contributed by atoms with Gasteiger partial charge in [0.05, 0.1) is 5.56 Å². The number of rotatable bonds is 3. The van der Waals surface area contributed by atoms with Crippen LogP contribution >= 0.6 is 11.3 Å². The molecule has 0 bridgehead atoms. The first-order chi connectivity index (χ1) is 9.31. The van der Waals surface area contributed by atoms with Crippen molar-refractivity contribution in [1.82, 2.24) is 4.90 Å². The van der Waals surface area contributed by atoms with Crippen molar-refractivity contribution >= 4 is 22.3 Å². The molecule has 2 N–H and O–H groups in total. The van der Waals surface area contributed by atoms with Gasteiger partial charge in [0.15, 0.2) is 0 Å². The van der Waals surface area contributed by atoms with Crippen LogP contribution in [0.15, 0.2) is 0 Å². The standard InChI is InChI=1S/C15H24N2O2S/c1-5-7-17-8-6-10-11(9-17)20-13(16)12(10)14(18)19-15(2,3)4/h5-9,16H2,1-4H3. The average Bonchev–Trinajstić information content (AvgIpc) is 2.62. The van der Waals surface area contributed by atoms with Crippen LogP contribution in [0.3, 0.4) is 0 Å². The van der Waals surface area contributed by atoms with Crippen LogP contribution in [-0.4, -0.2) is 29.6 Å². The van der Waals surface area contributed by atoms with Gasteiger partial charge in [-0.3, -0.25) is 4.90 Å². The van der Waals surface area contributed by atoms with E-state index in [1.54, 1.807) is 0 Å². The molecule has 2 heterocycles. The molecule has 0 aromatic carbocycles. The number of carbonyl (C=O) groups is 1. The molecule has 2 rings (SSSR count). The number of nitrogen functional groups attached to an aromatic ring is 1. The molecule has 4 nitrogen and oxygen atoms in total. The Morgan fingerprint density at radius 3 is 2.75 bits per heavy atom.